The van der Waals surface area contributed by atoms with E-state index in [1.165, 1.54) is 48.4 Å². The van der Waals surface area contributed by atoms with Crippen molar-refractivity contribution < 1.29 is 22.7 Å². The lowest BCUT2D eigenvalue weighted by Gasteiger charge is -2.18. The third-order valence-corrected chi connectivity index (χ3v) is 7.42. The Kier molecular flexibility index (Phi) is 6.42. The summed E-state index contributed by atoms with van der Waals surface area (Å²) in [5.41, 5.74) is 1.73. The van der Waals surface area contributed by atoms with Crippen molar-refractivity contribution in [2.24, 2.45) is 0 Å². The van der Waals surface area contributed by atoms with Gasteiger partial charge in [-0.3, -0.25) is 4.79 Å². The molecule has 2 aromatic carbocycles. The lowest BCUT2D eigenvalue weighted by molar-refractivity contribution is -0.134. The molecule has 0 atom stereocenters. The number of carbonyl (C=O) groups excluding carboxylic acids is 2. The van der Waals surface area contributed by atoms with Gasteiger partial charge in [0.1, 0.15) is 5.69 Å². The van der Waals surface area contributed by atoms with Crippen LogP contribution in [-0.2, 0) is 19.7 Å². The fraction of sp³-hybridized carbons (Fsp3) is 0.160. The van der Waals surface area contributed by atoms with E-state index in [0.717, 1.165) is 4.31 Å². The first-order valence-corrected chi connectivity index (χ1v) is 12.0. The Morgan fingerprint density at radius 2 is 1.63 bits per heavy atom. The molecule has 9 nitrogen and oxygen atoms in total. The molecule has 180 valence electrons. The number of carbonyl (C=O) groups is 2. The van der Waals surface area contributed by atoms with Crippen LogP contribution in [0.25, 0.3) is 27.9 Å². The van der Waals surface area contributed by atoms with Gasteiger partial charge in [0.25, 0.3) is 5.91 Å². The van der Waals surface area contributed by atoms with E-state index in [0.29, 0.717) is 27.5 Å². The zero-order chi connectivity index (χ0) is 25.3. The van der Waals surface area contributed by atoms with E-state index in [1.807, 2.05) is 18.2 Å². The highest BCUT2D eigenvalue weighted by Crippen LogP contribution is 2.35. The molecule has 0 fully saturated rings. The predicted octanol–water partition coefficient (Wildman–Crippen LogP) is 3.31. The van der Waals surface area contributed by atoms with Crippen molar-refractivity contribution in [1.82, 2.24) is 13.3 Å². The zero-order valence-electron chi connectivity index (χ0n) is 19.7. The Bertz CT molecular complexity index is 1570. The number of para-hydroxylation sites is 2. The van der Waals surface area contributed by atoms with Gasteiger partial charge in [-0.15, -0.1) is 0 Å². The summed E-state index contributed by atoms with van der Waals surface area (Å²) in [5.74, 6) is -1.05. The number of esters is 1. The van der Waals surface area contributed by atoms with Crippen molar-refractivity contribution in [2.45, 2.75) is 0 Å². The average molecular weight is 493 g/mol. The fourth-order valence-corrected chi connectivity index (χ4v) is 4.96. The first-order valence-electron chi connectivity index (χ1n) is 10.6. The van der Waals surface area contributed by atoms with Gasteiger partial charge in [-0.1, -0.05) is 36.4 Å². The van der Waals surface area contributed by atoms with Crippen LogP contribution in [-0.4, -0.2) is 61.8 Å². The maximum absolute atomic E-state index is 13.6. The first kappa shape index (κ1) is 24.1. The second-order valence-electron chi connectivity index (χ2n) is 7.91. The van der Waals surface area contributed by atoms with Crippen molar-refractivity contribution in [1.29, 1.82) is 0 Å². The maximum atomic E-state index is 13.6. The molecule has 0 aliphatic rings. The van der Waals surface area contributed by atoms with Crippen molar-refractivity contribution >= 4 is 55.7 Å². The number of anilines is 1. The summed E-state index contributed by atoms with van der Waals surface area (Å²) in [4.78, 5) is 31.3. The molecule has 0 aliphatic heterocycles. The van der Waals surface area contributed by atoms with E-state index in [4.69, 9.17) is 4.74 Å². The summed E-state index contributed by atoms with van der Waals surface area (Å²) < 4.78 is 33.5. The Morgan fingerprint density at radius 1 is 0.971 bits per heavy atom. The van der Waals surface area contributed by atoms with Crippen LogP contribution in [0.5, 0.6) is 0 Å². The van der Waals surface area contributed by atoms with Gasteiger partial charge in [-0.05, 0) is 24.3 Å². The van der Waals surface area contributed by atoms with Gasteiger partial charge >= 0.3 is 16.2 Å². The zero-order valence-corrected chi connectivity index (χ0v) is 20.5. The number of hydrogen-bond donors (Lipinski definition) is 0. The molecule has 2 aromatic heterocycles. The number of rotatable bonds is 6. The minimum absolute atomic E-state index is 0.0640. The molecule has 35 heavy (non-hydrogen) atoms. The van der Waals surface area contributed by atoms with E-state index in [2.05, 4.69) is 4.98 Å². The van der Waals surface area contributed by atoms with Gasteiger partial charge in [-0.25, -0.2) is 13.8 Å². The van der Waals surface area contributed by atoms with Crippen LogP contribution in [0.2, 0.25) is 0 Å². The van der Waals surface area contributed by atoms with Gasteiger partial charge < -0.3 is 9.64 Å². The first-order chi connectivity index (χ1) is 16.7. The van der Waals surface area contributed by atoms with E-state index < -0.39 is 22.1 Å². The highest BCUT2D eigenvalue weighted by molar-refractivity contribution is 7.87. The third-order valence-electron chi connectivity index (χ3n) is 5.64. The summed E-state index contributed by atoms with van der Waals surface area (Å²) in [5, 5.41) is 1.07. The number of fused-ring (bicyclic) bond motifs is 3. The highest BCUT2D eigenvalue weighted by atomic mass is 32.2. The maximum Gasteiger partial charge on any atom is 0.330 e. The minimum atomic E-state index is -3.93. The van der Waals surface area contributed by atoms with Crippen LogP contribution in [0.4, 0.5) is 5.69 Å². The third kappa shape index (κ3) is 4.17. The molecule has 4 aromatic rings. The summed E-state index contributed by atoms with van der Waals surface area (Å²) in [7, 11) is 1.81. The van der Waals surface area contributed by atoms with Gasteiger partial charge in [0.05, 0.1) is 24.3 Å². The van der Waals surface area contributed by atoms with Crippen molar-refractivity contribution in [3.05, 3.63) is 78.1 Å². The number of nitrogens with zero attached hydrogens (tertiary/aromatic N) is 4. The molecular weight excluding hydrogens is 468 g/mol. The molecule has 4 rings (SSSR count). The van der Waals surface area contributed by atoms with Gasteiger partial charge in [0.2, 0.25) is 0 Å². The van der Waals surface area contributed by atoms with E-state index in [9.17, 15) is 18.0 Å². The number of hydrogen-bond acceptors (Lipinski definition) is 6. The fourth-order valence-electron chi connectivity index (χ4n) is 3.84. The molecule has 1 amide bonds. The smallest absolute Gasteiger partial charge is 0.330 e. The van der Waals surface area contributed by atoms with Gasteiger partial charge in [0, 0.05) is 49.2 Å². The molecule has 0 bridgehead atoms. The lowest BCUT2D eigenvalue weighted by Crippen LogP contribution is -2.29. The molecule has 0 unspecified atom stereocenters. The molecule has 0 saturated carbocycles. The van der Waals surface area contributed by atoms with Crippen LogP contribution in [0.3, 0.4) is 0 Å². The molecule has 2 heterocycles. The van der Waals surface area contributed by atoms with Crippen LogP contribution >= 0.6 is 0 Å². The number of pyridine rings is 1. The molecule has 0 spiro atoms. The van der Waals surface area contributed by atoms with Gasteiger partial charge in [-0.2, -0.15) is 12.7 Å². The highest BCUT2D eigenvalue weighted by Gasteiger charge is 2.27. The standard InChI is InChI=1S/C25H24N4O5S/c1-27(2)35(32,33)29-20-13-9-8-12-18(20)23-19(14-15-22(30)34-4)24(26-16-21(23)29)25(31)28(3)17-10-6-5-7-11-17/h5-16H,1-4H3/b15-14+. The molecule has 0 radical (unpaired) electrons. The number of benzene rings is 2. The number of amides is 1. The Morgan fingerprint density at radius 3 is 2.29 bits per heavy atom. The van der Waals surface area contributed by atoms with Crippen molar-refractivity contribution in [3.8, 4) is 0 Å². The summed E-state index contributed by atoms with van der Waals surface area (Å²) in [6, 6.07) is 16.0. The molecule has 0 N–H and O–H groups in total. The molecular formula is C25H24N4O5S. The van der Waals surface area contributed by atoms with E-state index in [-0.39, 0.29) is 11.2 Å². The van der Waals surface area contributed by atoms with Crippen molar-refractivity contribution in [3.63, 3.8) is 0 Å². The van der Waals surface area contributed by atoms with Crippen LogP contribution in [0.15, 0.2) is 66.9 Å². The van der Waals surface area contributed by atoms with E-state index >= 15 is 0 Å². The largest absolute Gasteiger partial charge is 0.466 e. The average Bonchev–Trinajstić information content (AvgIpc) is 3.21. The molecule has 0 aliphatic carbocycles. The summed E-state index contributed by atoms with van der Waals surface area (Å²) >= 11 is 0. The Balaban J connectivity index is 2.08. The molecule has 10 heteroatoms. The van der Waals surface area contributed by atoms with Crippen LogP contribution in [0, 0.1) is 0 Å². The van der Waals surface area contributed by atoms with E-state index in [1.54, 1.807) is 43.4 Å². The monoisotopic (exact) mass is 492 g/mol. The van der Waals surface area contributed by atoms with Crippen LogP contribution in [0.1, 0.15) is 16.1 Å². The summed E-state index contributed by atoms with van der Waals surface area (Å²) in [6.45, 7) is 0. The Labute approximate surface area is 203 Å². The van der Waals surface area contributed by atoms with Gasteiger partial charge in [0.15, 0.2) is 0 Å². The Hall–Kier alpha value is -4.02. The molecule has 0 saturated heterocycles. The predicted molar refractivity (Wildman–Crippen MR) is 135 cm³/mol. The second kappa shape index (κ2) is 9.32. The number of methoxy groups -OCH3 is 1. The normalized spacial score (nSPS) is 12.0. The summed E-state index contributed by atoms with van der Waals surface area (Å²) in [6.07, 6.45) is 3.99. The second-order valence-corrected chi connectivity index (χ2v) is 9.90. The quantitative estimate of drug-likeness (QED) is 0.302. The number of aromatic nitrogens is 2. The minimum Gasteiger partial charge on any atom is -0.466 e. The number of ether oxygens (including phenoxy) is 1. The SMILES string of the molecule is COC(=O)/C=C/c1c(C(=O)N(C)c2ccccc2)ncc2c1c1ccccc1n2S(=O)(=O)N(C)C. The lowest BCUT2D eigenvalue weighted by atomic mass is 10.0. The topological polar surface area (TPSA) is 102 Å². The van der Waals surface area contributed by atoms with Crippen molar-refractivity contribution in [2.75, 3.05) is 33.2 Å². The van der Waals surface area contributed by atoms with Crippen LogP contribution < -0.4 is 4.90 Å².